The molecule has 1 N–H and O–H groups in total. The Morgan fingerprint density at radius 3 is 2.75 bits per heavy atom. The molecule has 2 unspecified atom stereocenters. The second-order valence-corrected chi connectivity index (χ2v) is 6.92. The van der Waals surface area contributed by atoms with E-state index in [9.17, 15) is 4.79 Å². The molecule has 1 aromatic heterocycles. The largest absolute Gasteiger partial charge is 0.481 e. The summed E-state index contributed by atoms with van der Waals surface area (Å²) in [7, 11) is 0. The molecule has 2 saturated carbocycles. The van der Waals surface area contributed by atoms with Crippen molar-refractivity contribution >= 4 is 5.97 Å². The van der Waals surface area contributed by atoms with Crippen molar-refractivity contribution in [2.24, 2.45) is 11.3 Å². The van der Waals surface area contributed by atoms with E-state index in [2.05, 4.69) is 29.4 Å². The Bertz CT molecular complexity index is 507. The van der Waals surface area contributed by atoms with E-state index in [1.165, 1.54) is 12.8 Å². The lowest BCUT2D eigenvalue weighted by Gasteiger charge is -2.27. The van der Waals surface area contributed by atoms with Gasteiger partial charge in [0.2, 0.25) is 0 Å². The second kappa shape index (κ2) is 4.82. The molecule has 0 radical (unpaired) electrons. The number of rotatable bonds is 5. The fourth-order valence-corrected chi connectivity index (χ4v) is 3.58. The van der Waals surface area contributed by atoms with Gasteiger partial charge in [-0.25, -0.2) is 4.68 Å². The van der Waals surface area contributed by atoms with Crippen molar-refractivity contribution in [2.45, 2.75) is 64.3 Å². The molecule has 0 amide bonds. The summed E-state index contributed by atoms with van der Waals surface area (Å²) < 4.78 is 1.82. The molecule has 0 bridgehead atoms. The number of tetrazole rings is 1. The maximum atomic E-state index is 11.1. The van der Waals surface area contributed by atoms with Crippen LogP contribution in [0.4, 0.5) is 0 Å². The molecule has 1 aromatic rings. The highest BCUT2D eigenvalue weighted by Gasteiger charge is 2.42. The third-order valence-electron chi connectivity index (χ3n) is 4.95. The summed E-state index contributed by atoms with van der Waals surface area (Å²) >= 11 is 0. The zero-order valence-corrected chi connectivity index (χ0v) is 12.1. The van der Waals surface area contributed by atoms with Crippen LogP contribution in [-0.4, -0.2) is 31.3 Å². The third kappa shape index (κ3) is 2.43. The fraction of sp³-hybridized carbons (Fsp3) is 0.857. The van der Waals surface area contributed by atoms with Gasteiger partial charge in [0.1, 0.15) is 0 Å². The minimum atomic E-state index is -0.769. The maximum absolute atomic E-state index is 11.1. The highest BCUT2D eigenvalue weighted by molar-refractivity contribution is 5.67. The molecule has 2 atom stereocenters. The van der Waals surface area contributed by atoms with Gasteiger partial charge in [-0.15, -0.1) is 5.10 Å². The predicted octanol–water partition coefficient (Wildman–Crippen LogP) is 2.39. The monoisotopic (exact) mass is 278 g/mol. The van der Waals surface area contributed by atoms with E-state index in [1.807, 2.05) is 4.68 Å². The first-order valence-electron chi connectivity index (χ1n) is 7.48. The Balaban J connectivity index is 1.90. The highest BCUT2D eigenvalue weighted by Crippen LogP contribution is 2.49. The van der Waals surface area contributed by atoms with Gasteiger partial charge < -0.3 is 5.11 Å². The Labute approximate surface area is 118 Å². The van der Waals surface area contributed by atoms with E-state index in [4.69, 9.17) is 5.11 Å². The lowest BCUT2D eigenvalue weighted by Crippen LogP contribution is -2.25. The fourth-order valence-electron chi connectivity index (χ4n) is 3.58. The van der Waals surface area contributed by atoms with Crippen molar-refractivity contribution in [1.82, 2.24) is 20.2 Å². The van der Waals surface area contributed by atoms with E-state index in [-0.39, 0.29) is 17.9 Å². The molecule has 110 valence electrons. The molecule has 2 fully saturated rings. The third-order valence-corrected chi connectivity index (χ3v) is 4.95. The second-order valence-electron chi connectivity index (χ2n) is 6.92. The average Bonchev–Trinajstić information content (AvgIpc) is 2.99. The van der Waals surface area contributed by atoms with Gasteiger partial charge in [-0.3, -0.25) is 4.79 Å². The van der Waals surface area contributed by atoms with Crippen LogP contribution in [0.3, 0.4) is 0 Å². The van der Waals surface area contributed by atoms with Gasteiger partial charge in [-0.05, 0) is 47.4 Å². The summed E-state index contributed by atoms with van der Waals surface area (Å²) in [6.07, 6.45) is 5.76. The number of aromatic nitrogens is 4. The van der Waals surface area contributed by atoms with Crippen LogP contribution >= 0.6 is 0 Å². The number of hydrogen-bond donors (Lipinski definition) is 1. The molecule has 0 aromatic carbocycles. The maximum Gasteiger partial charge on any atom is 0.305 e. The van der Waals surface area contributed by atoms with Gasteiger partial charge >= 0.3 is 5.97 Å². The lowest BCUT2D eigenvalue weighted by molar-refractivity contribution is -0.138. The van der Waals surface area contributed by atoms with E-state index < -0.39 is 5.97 Å². The van der Waals surface area contributed by atoms with Gasteiger partial charge in [-0.2, -0.15) is 0 Å². The average molecular weight is 278 g/mol. The first-order chi connectivity index (χ1) is 9.49. The van der Waals surface area contributed by atoms with Gasteiger partial charge in [0.15, 0.2) is 5.82 Å². The molecule has 6 heteroatoms. The molecular formula is C14H22N4O2. The summed E-state index contributed by atoms with van der Waals surface area (Å²) in [4.78, 5) is 11.1. The number of carboxylic acid groups (broad SMARTS) is 1. The molecule has 3 rings (SSSR count). The SMILES string of the molecule is CC1(C)CCCC1c1nnnn1C(CC(=O)O)C1CC1. The van der Waals surface area contributed by atoms with Crippen LogP contribution < -0.4 is 0 Å². The van der Waals surface area contributed by atoms with Crippen molar-refractivity contribution in [1.29, 1.82) is 0 Å². The molecule has 2 aliphatic carbocycles. The van der Waals surface area contributed by atoms with E-state index in [0.717, 1.165) is 25.1 Å². The molecule has 0 aliphatic heterocycles. The van der Waals surface area contributed by atoms with Crippen molar-refractivity contribution in [3.05, 3.63) is 5.82 Å². The number of nitrogens with zero attached hydrogens (tertiary/aromatic N) is 4. The van der Waals surface area contributed by atoms with E-state index in [1.54, 1.807) is 0 Å². The molecule has 1 heterocycles. The normalized spacial score (nSPS) is 26.6. The Hall–Kier alpha value is -1.46. The van der Waals surface area contributed by atoms with Gasteiger partial charge in [0.25, 0.3) is 0 Å². The number of aliphatic carboxylic acids is 1. The van der Waals surface area contributed by atoms with Crippen LogP contribution in [0.2, 0.25) is 0 Å². The number of hydrogen-bond acceptors (Lipinski definition) is 4. The quantitative estimate of drug-likeness (QED) is 0.894. The topological polar surface area (TPSA) is 80.9 Å². The first kappa shape index (κ1) is 13.5. The highest BCUT2D eigenvalue weighted by atomic mass is 16.4. The van der Waals surface area contributed by atoms with Gasteiger partial charge in [-0.1, -0.05) is 20.3 Å². The molecule has 20 heavy (non-hydrogen) atoms. The minimum Gasteiger partial charge on any atom is -0.481 e. The summed E-state index contributed by atoms with van der Waals surface area (Å²) in [5.41, 5.74) is 0.198. The van der Waals surface area contributed by atoms with Crippen LogP contribution in [0.15, 0.2) is 0 Å². The summed E-state index contributed by atoms with van der Waals surface area (Å²) in [6.45, 7) is 4.51. The van der Waals surface area contributed by atoms with Gasteiger partial charge in [0.05, 0.1) is 12.5 Å². The predicted molar refractivity (Wildman–Crippen MR) is 72.2 cm³/mol. The molecule has 0 spiro atoms. The first-order valence-corrected chi connectivity index (χ1v) is 7.48. The van der Waals surface area contributed by atoms with Crippen LogP contribution in [-0.2, 0) is 4.79 Å². The number of carbonyl (C=O) groups is 1. The van der Waals surface area contributed by atoms with E-state index >= 15 is 0 Å². The summed E-state index contributed by atoms with van der Waals surface area (Å²) in [6, 6.07) is -0.0751. The van der Waals surface area contributed by atoms with Crippen molar-refractivity contribution in [3.63, 3.8) is 0 Å². The van der Waals surface area contributed by atoms with E-state index in [0.29, 0.717) is 11.8 Å². The Kier molecular flexibility index (Phi) is 3.26. The van der Waals surface area contributed by atoms with Crippen molar-refractivity contribution in [2.75, 3.05) is 0 Å². The van der Waals surface area contributed by atoms with Crippen LogP contribution in [0, 0.1) is 11.3 Å². The Morgan fingerprint density at radius 2 is 2.20 bits per heavy atom. The minimum absolute atomic E-state index is 0.0751. The zero-order valence-electron chi connectivity index (χ0n) is 12.1. The van der Waals surface area contributed by atoms with Gasteiger partial charge in [0, 0.05) is 5.92 Å². The Morgan fingerprint density at radius 1 is 1.45 bits per heavy atom. The van der Waals surface area contributed by atoms with Crippen LogP contribution in [0.1, 0.15) is 70.2 Å². The molecular weight excluding hydrogens is 256 g/mol. The standard InChI is InChI=1S/C14H22N4O2/c1-14(2)7-3-4-10(14)13-15-16-17-18(13)11(8-12(19)20)9-5-6-9/h9-11H,3-8H2,1-2H3,(H,19,20). The molecule has 2 aliphatic rings. The van der Waals surface area contributed by atoms with Crippen LogP contribution in [0.25, 0.3) is 0 Å². The zero-order chi connectivity index (χ0) is 14.3. The van der Waals surface area contributed by atoms with Crippen LogP contribution in [0.5, 0.6) is 0 Å². The number of carboxylic acids is 1. The van der Waals surface area contributed by atoms with Crippen molar-refractivity contribution in [3.8, 4) is 0 Å². The van der Waals surface area contributed by atoms with Crippen molar-refractivity contribution < 1.29 is 9.90 Å². The summed E-state index contributed by atoms with van der Waals surface area (Å²) in [5.74, 6) is 0.894. The smallest absolute Gasteiger partial charge is 0.305 e. The lowest BCUT2D eigenvalue weighted by atomic mass is 9.81. The summed E-state index contributed by atoms with van der Waals surface area (Å²) in [5, 5.41) is 21.4. The molecule has 0 saturated heterocycles. The molecule has 6 nitrogen and oxygen atoms in total.